The Hall–Kier alpha value is -4.83. The topological polar surface area (TPSA) is 43.9 Å². The number of furan rings is 1. The predicted octanol–water partition coefficient (Wildman–Crippen LogP) is 11.8. The van der Waals surface area contributed by atoms with Crippen LogP contribution in [0.3, 0.4) is 0 Å². The first-order chi connectivity index (χ1) is 25.7. The molecule has 0 unspecified atom stereocenters. The van der Waals surface area contributed by atoms with Gasteiger partial charge < -0.3 is 14.0 Å². The van der Waals surface area contributed by atoms with Crippen molar-refractivity contribution in [2.75, 3.05) is 0 Å². The van der Waals surface area contributed by atoms with Crippen LogP contribution in [0.1, 0.15) is 70.0 Å². The maximum atomic E-state index is 7.73. The molecule has 0 aliphatic rings. The quantitative estimate of drug-likeness (QED) is 0.162. The minimum absolute atomic E-state index is 0. The monoisotopic (exact) mass is 824 g/mol. The van der Waals surface area contributed by atoms with Gasteiger partial charge in [-0.2, -0.15) is 0 Å². The molecule has 0 aliphatic heterocycles. The van der Waals surface area contributed by atoms with Crippen molar-refractivity contribution < 1.29 is 32.7 Å². The number of aryl methyl sites for hydroxylation is 2. The van der Waals surface area contributed by atoms with E-state index in [1.165, 1.54) is 22.9 Å². The van der Waals surface area contributed by atoms with Crippen molar-refractivity contribution in [1.82, 2.24) is 14.5 Å². The van der Waals surface area contributed by atoms with E-state index in [4.69, 9.17) is 17.6 Å². The summed E-state index contributed by atoms with van der Waals surface area (Å²) in [6, 6.07) is 42.0. The van der Waals surface area contributed by atoms with Crippen molar-refractivity contribution in [1.29, 1.82) is 0 Å². The number of pyridine rings is 1. The zero-order valence-electron chi connectivity index (χ0n) is 33.7. The van der Waals surface area contributed by atoms with E-state index in [-0.39, 0.29) is 31.2 Å². The minimum atomic E-state index is -2.58. The molecule has 1 radical (unpaired) electrons. The van der Waals surface area contributed by atoms with E-state index >= 15 is 0 Å². The van der Waals surface area contributed by atoms with Gasteiger partial charge in [-0.1, -0.05) is 98.8 Å². The van der Waals surface area contributed by atoms with Crippen LogP contribution in [0.2, 0.25) is 0 Å². The van der Waals surface area contributed by atoms with Gasteiger partial charge in [0, 0.05) is 45.6 Å². The maximum Gasteiger partial charge on any atom is 0.120 e. The van der Waals surface area contributed by atoms with Crippen molar-refractivity contribution >= 4 is 33.0 Å². The van der Waals surface area contributed by atoms with E-state index in [2.05, 4.69) is 97.9 Å². The molecule has 4 nitrogen and oxygen atoms in total. The van der Waals surface area contributed by atoms with Crippen molar-refractivity contribution in [3.05, 3.63) is 150 Å². The molecule has 247 valence electrons. The molecule has 5 aromatic carbocycles. The van der Waals surface area contributed by atoms with E-state index in [9.17, 15) is 0 Å². The van der Waals surface area contributed by atoms with Crippen LogP contribution in [0.4, 0.5) is 0 Å². The van der Waals surface area contributed by atoms with Gasteiger partial charge in [-0.05, 0) is 66.1 Å². The van der Waals surface area contributed by atoms with Gasteiger partial charge in [-0.25, -0.2) is 0 Å². The first-order valence-corrected chi connectivity index (χ1v) is 16.1. The average molecular weight is 824 g/mol. The number of rotatable bonds is 5. The van der Waals surface area contributed by atoms with E-state index in [1.54, 1.807) is 6.07 Å². The predicted molar refractivity (Wildman–Crippen MR) is 199 cm³/mol. The normalized spacial score (nSPS) is 13.6. The summed E-state index contributed by atoms with van der Waals surface area (Å²) >= 11 is 0. The van der Waals surface area contributed by atoms with Gasteiger partial charge in [0.05, 0.1) is 22.4 Å². The van der Waals surface area contributed by atoms with Crippen LogP contribution in [-0.4, -0.2) is 14.5 Å². The summed E-state index contributed by atoms with van der Waals surface area (Å²) in [7, 11) is 0. The first kappa shape index (κ1) is 27.0. The summed E-state index contributed by atoms with van der Waals surface area (Å²) in [5.74, 6) is 1.80. The fourth-order valence-electron chi connectivity index (χ4n) is 6.21. The molecule has 0 saturated carbocycles. The Morgan fingerprint density at radius 2 is 1.47 bits per heavy atom. The van der Waals surface area contributed by atoms with E-state index in [0.29, 0.717) is 34.3 Å². The number of benzene rings is 5. The van der Waals surface area contributed by atoms with Crippen molar-refractivity contribution in [2.24, 2.45) is 0 Å². The second-order valence-corrected chi connectivity index (χ2v) is 12.4. The second kappa shape index (κ2) is 14.3. The number of hydrogen-bond donors (Lipinski definition) is 0. The fraction of sp³-hybridized carbons (Fsp3) is 0.182. The second-order valence-electron chi connectivity index (χ2n) is 12.4. The molecule has 0 bridgehead atoms. The van der Waals surface area contributed by atoms with Gasteiger partial charge in [-0.3, -0.25) is 4.98 Å². The van der Waals surface area contributed by atoms with Crippen LogP contribution < -0.4 is 0 Å². The molecule has 5 heteroatoms. The van der Waals surface area contributed by atoms with E-state index in [1.807, 2.05) is 48.5 Å². The Morgan fingerprint density at radius 3 is 2.20 bits per heavy atom. The summed E-state index contributed by atoms with van der Waals surface area (Å²) in [6.07, 6.45) is 1.11. The third-order valence-electron chi connectivity index (χ3n) is 8.58. The van der Waals surface area contributed by atoms with Gasteiger partial charge in [0.25, 0.3) is 0 Å². The fourth-order valence-corrected chi connectivity index (χ4v) is 6.21. The van der Waals surface area contributed by atoms with E-state index in [0.717, 1.165) is 39.4 Å². The van der Waals surface area contributed by atoms with Crippen LogP contribution in [0, 0.1) is 25.8 Å². The van der Waals surface area contributed by atoms with Crippen LogP contribution in [0.25, 0.3) is 61.3 Å². The van der Waals surface area contributed by atoms with Crippen molar-refractivity contribution in [2.45, 2.75) is 53.2 Å². The third-order valence-corrected chi connectivity index (χ3v) is 8.58. The number of hydrogen-bond acceptors (Lipinski definition) is 3. The molecule has 8 aromatic rings. The van der Waals surface area contributed by atoms with Crippen LogP contribution >= 0.6 is 0 Å². The molecule has 8 rings (SSSR count). The molecule has 49 heavy (non-hydrogen) atoms. The average Bonchev–Trinajstić information content (AvgIpc) is 3.73. The maximum absolute atomic E-state index is 7.73. The zero-order valence-corrected chi connectivity index (χ0v) is 30.1. The Balaban J connectivity index is 0.000000184. The number of fused-ring (bicyclic) bond motifs is 4. The SMILES string of the molecule is CC(C)c1cccc(C(C)C)c1-n1c(-c2[c-]cccc2)nc2ccccc21.[2H]C([2H])([2H])c1cnc(-c2[c-]ccc3c2oc2ccccc23)cc1C([2H])([2H])[2H].[Ir]. The first-order valence-electron chi connectivity index (χ1n) is 19.1. The molecular formula is C44H39IrN3O-2. The van der Waals surface area contributed by atoms with Crippen molar-refractivity contribution in [3.8, 4) is 28.3 Å². The Kier molecular flexibility index (Phi) is 7.91. The molecular weight excluding hydrogens is 779 g/mol. The summed E-state index contributed by atoms with van der Waals surface area (Å²) in [5.41, 5.74) is 8.64. The molecule has 0 saturated heterocycles. The number of imidazole rings is 1. The Labute approximate surface area is 310 Å². The zero-order chi connectivity index (χ0) is 38.4. The number of para-hydroxylation sites is 4. The molecule has 3 aromatic heterocycles. The summed E-state index contributed by atoms with van der Waals surface area (Å²) in [5, 5.41) is 1.79. The van der Waals surface area contributed by atoms with Crippen molar-refractivity contribution in [3.63, 3.8) is 0 Å². The number of aromatic nitrogens is 3. The largest absolute Gasteiger partial charge is 0.501 e. The van der Waals surface area contributed by atoms with Crippen LogP contribution in [0.15, 0.2) is 120 Å². The van der Waals surface area contributed by atoms with Gasteiger partial charge >= 0.3 is 0 Å². The third kappa shape index (κ3) is 6.49. The van der Waals surface area contributed by atoms with E-state index < -0.39 is 13.7 Å². The molecule has 0 N–H and O–H groups in total. The van der Waals surface area contributed by atoms with Gasteiger partial charge in [-0.15, -0.1) is 54.1 Å². The molecule has 0 fully saturated rings. The molecule has 3 heterocycles. The molecule has 0 atom stereocenters. The molecule has 0 spiro atoms. The Morgan fingerprint density at radius 1 is 0.735 bits per heavy atom. The number of nitrogens with zero attached hydrogens (tertiary/aromatic N) is 3. The molecule has 0 aliphatic carbocycles. The Bertz CT molecular complexity index is 2580. The van der Waals surface area contributed by atoms with Crippen LogP contribution in [-0.2, 0) is 20.1 Å². The summed E-state index contributed by atoms with van der Waals surface area (Å²) in [6.45, 7) is 3.90. The van der Waals surface area contributed by atoms with Crippen LogP contribution in [0.5, 0.6) is 0 Å². The summed E-state index contributed by atoms with van der Waals surface area (Å²) < 4.78 is 54.2. The minimum Gasteiger partial charge on any atom is -0.501 e. The summed E-state index contributed by atoms with van der Waals surface area (Å²) in [4.78, 5) is 9.20. The van der Waals surface area contributed by atoms with Gasteiger partial charge in [0.15, 0.2) is 0 Å². The van der Waals surface area contributed by atoms with Gasteiger partial charge in [0.1, 0.15) is 5.58 Å². The van der Waals surface area contributed by atoms with Gasteiger partial charge in [0.2, 0.25) is 0 Å². The molecule has 0 amide bonds. The smallest absolute Gasteiger partial charge is 0.120 e. The standard InChI is InChI=1S/C25H25N2.C19H14NO.Ir/c1-17(2)20-13-10-14-21(18(3)4)24(20)27-23-16-9-8-15-22(23)26-25(27)19-11-6-5-7-12-19;1-12-10-17(20-11-13(12)2)16-8-5-7-15-14-6-3-4-9-18(14)21-19(15)16;/h5-11,13-18H,1-4H3;3-7,9-11H,1-2H3;/q2*-1;/i;1D3,2D3;.